The van der Waals surface area contributed by atoms with Crippen LogP contribution in [0, 0.1) is 0 Å². The minimum absolute atomic E-state index is 0.0180. The predicted octanol–water partition coefficient (Wildman–Crippen LogP) is -0.117. The van der Waals surface area contributed by atoms with Crippen molar-refractivity contribution in [2.75, 3.05) is 6.54 Å². The highest BCUT2D eigenvalue weighted by Crippen LogP contribution is 2.09. The van der Waals surface area contributed by atoms with Gasteiger partial charge in [0, 0.05) is 10.6 Å². The molecule has 16 heavy (non-hydrogen) atoms. The number of carbonyl (C=O) groups is 1. The molecular weight excluding hydrogens is 226 g/mol. The molecule has 0 aliphatic rings. The van der Waals surface area contributed by atoms with E-state index in [0.717, 1.165) is 10.5 Å². The predicted molar refractivity (Wildman–Crippen MR) is 61.1 cm³/mol. The van der Waals surface area contributed by atoms with Crippen molar-refractivity contribution in [2.45, 2.75) is 26.4 Å². The molecule has 0 saturated carbocycles. The first kappa shape index (κ1) is 13.0. The molecule has 0 aliphatic heterocycles. The Morgan fingerprint density at radius 1 is 1.50 bits per heavy atom. The molecule has 0 aliphatic carbocycles. The van der Waals surface area contributed by atoms with Gasteiger partial charge in [0.15, 0.2) is 0 Å². The number of benzene rings is 1. The number of carbonyl (C=O) groups excluding carboxylic acids is 1. The summed E-state index contributed by atoms with van der Waals surface area (Å²) < 4.78 is 0. The summed E-state index contributed by atoms with van der Waals surface area (Å²) in [6, 6.07) is 7.72. The lowest BCUT2D eigenvalue weighted by atomic mass is 10.2. The number of carboxylic acid groups (broad SMARTS) is 1. The van der Waals surface area contributed by atoms with Crippen LogP contribution in [0.4, 0.5) is 0 Å². The van der Waals surface area contributed by atoms with Crippen LogP contribution < -0.4 is 10.0 Å². The Hall–Kier alpha value is -1.06. The van der Waals surface area contributed by atoms with Gasteiger partial charge in [-0.1, -0.05) is 23.7 Å². The van der Waals surface area contributed by atoms with Crippen molar-refractivity contribution in [3.8, 4) is 0 Å². The molecule has 0 heterocycles. The fourth-order valence-electron chi connectivity index (χ4n) is 1.57. The molecule has 0 spiro atoms. The maximum absolute atomic E-state index is 10.6. The number of carboxylic acids is 1. The number of rotatable bonds is 5. The first-order valence-corrected chi connectivity index (χ1v) is 5.65. The van der Waals surface area contributed by atoms with Crippen LogP contribution in [0.25, 0.3) is 0 Å². The second kappa shape index (κ2) is 5.87. The van der Waals surface area contributed by atoms with Gasteiger partial charge in [0.25, 0.3) is 0 Å². The molecule has 88 valence electrons. The third kappa shape index (κ3) is 4.21. The molecule has 0 aromatic heterocycles. The smallest absolute Gasteiger partial charge is 0.118 e. The standard InChI is InChI=1S/C12H16ClNO2/c1-9(2)14(8-12(15)16)7-10-4-3-5-11(13)6-10/h3-6,9H,7-8H2,1-2H3,(H,15,16). The lowest BCUT2D eigenvalue weighted by Crippen LogP contribution is -3.15. The van der Waals surface area contributed by atoms with Crippen molar-refractivity contribution in [3.05, 3.63) is 34.9 Å². The van der Waals surface area contributed by atoms with Crippen molar-refractivity contribution < 1.29 is 14.8 Å². The Balaban J connectivity index is 2.71. The second-order valence-electron chi connectivity index (χ2n) is 4.17. The van der Waals surface area contributed by atoms with Crippen molar-refractivity contribution in [2.24, 2.45) is 0 Å². The average molecular weight is 242 g/mol. The zero-order valence-corrected chi connectivity index (χ0v) is 10.3. The minimum atomic E-state index is -1.02. The van der Waals surface area contributed by atoms with E-state index in [4.69, 9.17) is 11.6 Å². The van der Waals surface area contributed by atoms with Gasteiger partial charge in [-0.3, -0.25) is 0 Å². The topological polar surface area (TPSA) is 44.6 Å². The summed E-state index contributed by atoms with van der Waals surface area (Å²) in [4.78, 5) is 11.6. The second-order valence-corrected chi connectivity index (χ2v) is 4.60. The summed E-state index contributed by atoms with van der Waals surface area (Å²) in [5.74, 6) is -1.02. The Kier molecular flexibility index (Phi) is 4.77. The van der Waals surface area contributed by atoms with E-state index in [1.165, 1.54) is 0 Å². The number of hydrogen-bond donors (Lipinski definition) is 1. The molecule has 1 aromatic carbocycles. The van der Waals surface area contributed by atoms with Gasteiger partial charge in [-0.2, -0.15) is 0 Å². The van der Waals surface area contributed by atoms with Crippen LogP contribution in [0.3, 0.4) is 0 Å². The molecule has 0 radical (unpaired) electrons. The summed E-state index contributed by atoms with van der Waals surface area (Å²) in [7, 11) is 0. The molecule has 1 unspecified atom stereocenters. The minimum Gasteiger partial charge on any atom is -0.544 e. The first-order valence-electron chi connectivity index (χ1n) is 5.28. The summed E-state index contributed by atoms with van der Waals surface area (Å²) in [5, 5.41) is 11.3. The van der Waals surface area contributed by atoms with E-state index in [1.807, 2.05) is 32.0 Å². The quantitative estimate of drug-likeness (QED) is 0.782. The molecule has 1 aromatic rings. The highest BCUT2D eigenvalue weighted by Gasteiger charge is 2.13. The Labute approximate surface area is 101 Å². The molecule has 1 rings (SSSR count). The Morgan fingerprint density at radius 3 is 2.69 bits per heavy atom. The van der Waals surface area contributed by atoms with Gasteiger partial charge in [-0.05, 0) is 26.0 Å². The molecule has 0 fully saturated rings. The van der Waals surface area contributed by atoms with E-state index < -0.39 is 5.97 Å². The fraction of sp³-hybridized carbons (Fsp3) is 0.417. The molecule has 0 bridgehead atoms. The van der Waals surface area contributed by atoms with Crippen molar-refractivity contribution in [1.29, 1.82) is 0 Å². The lowest BCUT2D eigenvalue weighted by molar-refractivity contribution is -0.929. The zero-order chi connectivity index (χ0) is 12.1. The number of aliphatic carboxylic acids is 1. The van der Waals surface area contributed by atoms with Gasteiger partial charge in [0.1, 0.15) is 13.1 Å². The van der Waals surface area contributed by atoms with E-state index in [9.17, 15) is 9.90 Å². The summed E-state index contributed by atoms with van der Waals surface area (Å²) in [6.07, 6.45) is 0. The van der Waals surface area contributed by atoms with Gasteiger partial charge < -0.3 is 14.8 Å². The molecule has 0 amide bonds. The highest BCUT2D eigenvalue weighted by atomic mass is 35.5. The molecule has 3 nitrogen and oxygen atoms in total. The van der Waals surface area contributed by atoms with Gasteiger partial charge in [-0.15, -0.1) is 0 Å². The summed E-state index contributed by atoms with van der Waals surface area (Å²) >= 11 is 5.88. The van der Waals surface area contributed by atoms with Crippen LogP contribution in [-0.4, -0.2) is 18.6 Å². The maximum Gasteiger partial charge on any atom is 0.118 e. The lowest BCUT2D eigenvalue weighted by Gasteiger charge is -2.23. The highest BCUT2D eigenvalue weighted by molar-refractivity contribution is 6.30. The summed E-state index contributed by atoms with van der Waals surface area (Å²) in [6.45, 7) is 4.64. The van der Waals surface area contributed by atoms with Crippen molar-refractivity contribution in [3.63, 3.8) is 0 Å². The fourth-order valence-corrected chi connectivity index (χ4v) is 1.78. The Bertz CT molecular complexity index is 366. The Morgan fingerprint density at radius 2 is 2.19 bits per heavy atom. The van der Waals surface area contributed by atoms with E-state index in [0.29, 0.717) is 11.6 Å². The third-order valence-electron chi connectivity index (χ3n) is 2.51. The SMILES string of the molecule is CC(C)[NH+](CC(=O)[O-])Cc1cccc(Cl)c1. The largest absolute Gasteiger partial charge is 0.544 e. The van der Waals surface area contributed by atoms with Crippen LogP contribution in [0.2, 0.25) is 5.02 Å². The number of quaternary nitrogens is 1. The van der Waals surface area contributed by atoms with E-state index in [1.54, 1.807) is 6.07 Å². The van der Waals surface area contributed by atoms with Gasteiger partial charge in [-0.25, -0.2) is 0 Å². The average Bonchev–Trinajstić information content (AvgIpc) is 2.15. The van der Waals surface area contributed by atoms with Crippen molar-refractivity contribution in [1.82, 2.24) is 0 Å². The normalized spacial score (nSPS) is 12.8. The summed E-state index contributed by atoms with van der Waals surface area (Å²) in [5.41, 5.74) is 1.04. The molecule has 4 heteroatoms. The first-order chi connectivity index (χ1) is 7.49. The molecule has 1 N–H and O–H groups in total. The van der Waals surface area contributed by atoms with Crippen molar-refractivity contribution >= 4 is 17.6 Å². The van der Waals surface area contributed by atoms with E-state index in [-0.39, 0.29) is 12.6 Å². The molecular formula is C12H16ClNO2. The zero-order valence-electron chi connectivity index (χ0n) is 9.50. The van der Waals surface area contributed by atoms with Crippen LogP contribution in [0.15, 0.2) is 24.3 Å². The maximum atomic E-state index is 10.6. The monoisotopic (exact) mass is 241 g/mol. The van der Waals surface area contributed by atoms with Gasteiger partial charge in [0.2, 0.25) is 0 Å². The number of halogens is 1. The molecule has 0 saturated heterocycles. The molecule has 1 atom stereocenters. The van der Waals surface area contributed by atoms with Gasteiger partial charge in [0.05, 0.1) is 12.0 Å². The van der Waals surface area contributed by atoms with Crippen LogP contribution in [-0.2, 0) is 11.3 Å². The van der Waals surface area contributed by atoms with E-state index in [2.05, 4.69) is 0 Å². The number of nitrogens with one attached hydrogen (secondary N) is 1. The van der Waals surface area contributed by atoms with Crippen LogP contribution >= 0.6 is 11.6 Å². The van der Waals surface area contributed by atoms with Crippen LogP contribution in [0.1, 0.15) is 19.4 Å². The van der Waals surface area contributed by atoms with E-state index >= 15 is 0 Å². The van der Waals surface area contributed by atoms with Gasteiger partial charge >= 0.3 is 0 Å². The van der Waals surface area contributed by atoms with Crippen LogP contribution in [0.5, 0.6) is 0 Å². The number of hydrogen-bond acceptors (Lipinski definition) is 2. The third-order valence-corrected chi connectivity index (χ3v) is 2.74.